The Balaban J connectivity index is 1.65. The highest BCUT2D eigenvalue weighted by Crippen LogP contribution is 2.47. The lowest BCUT2D eigenvalue weighted by molar-refractivity contribution is -0.176. The summed E-state index contributed by atoms with van der Waals surface area (Å²) in [7, 11) is 1.47. The summed E-state index contributed by atoms with van der Waals surface area (Å²) in [5.74, 6) is 0.633. The summed E-state index contributed by atoms with van der Waals surface area (Å²) in [6.45, 7) is 4.42. The fourth-order valence-electron chi connectivity index (χ4n) is 5.69. The van der Waals surface area contributed by atoms with E-state index in [0.29, 0.717) is 52.5 Å². The number of carbonyl (C=O) groups excluding carboxylic acids is 1. The average Bonchev–Trinajstić information content (AvgIpc) is 3.48. The van der Waals surface area contributed by atoms with Crippen LogP contribution in [0.1, 0.15) is 55.4 Å². The van der Waals surface area contributed by atoms with E-state index < -0.39 is 11.6 Å². The van der Waals surface area contributed by atoms with Gasteiger partial charge in [-0.1, -0.05) is 20.3 Å². The molecule has 0 fully saturated rings. The van der Waals surface area contributed by atoms with Crippen molar-refractivity contribution in [3.05, 3.63) is 44.7 Å². The second kappa shape index (κ2) is 7.71. The molecule has 3 aromatic rings. The van der Waals surface area contributed by atoms with Crippen molar-refractivity contribution in [1.82, 2.24) is 9.55 Å². The summed E-state index contributed by atoms with van der Waals surface area (Å²) in [4.78, 5) is 31.4. The smallest absolute Gasteiger partial charge is 0.343 e. The second-order valence-electron chi connectivity index (χ2n) is 9.21. The van der Waals surface area contributed by atoms with Gasteiger partial charge in [0.2, 0.25) is 6.79 Å². The first kappa shape index (κ1) is 21.9. The number of carbonyl (C=O) groups is 1. The normalized spacial score (nSPS) is 19.5. The molecule has 9 nitrogen and oxygen atoms in total. The van der Waals surface area contributed by atoms with Crippen LogP contribution in [-0.4, -0.2) is 29.4 Å². The molecule has 9 heteroatoms. The van der Waals surface area contributed by atoms with Crippen LogP contribution in [-0.2, 0) is 39.4 Å². The first-order chi connectivity index (χ1) is 16.9. The van der Waals surface area contributed by atoms with Crippen LogP contribution in [0.5, 0.6) is 11.5 Å². The number of unbranched alkanes of at least 4 members (excludes halogenated alkanes) is 1. The van der Waals surface area contributed by atoms with Gasteiger partial charge in [0.1, 0.15) is 6.61 Å². The minimum absolute atomic E-state index is 0.0683. The molecule has 0 amide bonds. The summed E-state index contributed by atoms with van der Waals surface area (Å²) in [5.41, 5.74) is 10.7. The van der Waals surface area contributed by atoms with Gasteiger partial charge in [-0.05, 0) is 30.9 Å². The third kappa shape index (κ3) is 2.81. The standard InChI is InChI=1S/C26H27N3O6/c1-4-6-7-13-14-10-29-18(8-16-15(24(29)30)11-33-25(31)26(16,5-2)32-3)22(14)28-17-9-19-23(35-12-34-19)21(27)20(13)17/h8-9H,4-7,10-12,27H2,1-3H3/t26-/m0/s1. The van der Waals surface area contributed by atoms with Crippen LogP contribution in [0.2, 0.25) is 0 Å². The first-order valence-corrected chi connectivity index (χ1v) is 12.0. The minimum Gasteiger partial charge on any atom is -0.458 e. The molecule has 2 N–H and O–H groups in total. The summed E-state index contributed by atoms with van der Waals surface area (Å²) < 4.78 is 24.0. The lowest BCUT2D eigenvalue weighted by Crippen LogP contribution is -2.45. The number of anilines is 1. The van der Waals surface area contributed by atoms with Crippen molar-refractivity contribution in [1.29, 1.82) is 0 Å². The number of nitrogens with zero attached hydrogens (tertiary/aromatic N) is 2. The molecule has 2 aromatic heterocycles. The lowest BCUT2D eigenvalue weighted by atomic mass is 9.85. The molecule has 3 aliphatic rings. The molecule has 0 bridgehead atoms. The van der Waals surface area contributed by atoms with Gasteiger partial charge in [0.05, 0.1) is 34.7 Å². The number of aryl methyl sites for hydroxylation is 1. The number of ether oxygens (including phenoxy) is 4. The van der Waals surface area contributed by atoms with E-state index in [4.69, 9.17) is 29.7 Å². The van der Waals surface area contributed by atoms with Gasteiger partial charge in [-0.3, -0.25) is 4.79 Å². The fraction of sp³-hybridized carbons (Fsp3) is 0.423. The third-order valence-corrected chi connectivity index (χ3v) is 7.56. The van der Waals surface area contributed by atoms with E-state index in [1.165, 1.54) is 7.11 Å². The van der Waals surface area contributed by atoms with E-state index in [0.717, 1.165) is 41.5 Å². The van der Waals surface area contributed by atoms with Crippen molar-refractivity contribution < 1.29 is 23.7 Å². The molecule has 1 atom stereocenters. The van der Waals surface area contributed by atoms with E-state index in [-0.39, 0.29) is 19.0 Å². The Bertz CT molecular complexity index is 1470. The number of aromatic nitrogens is 2. The maximum atomic E-state index is 13.7. The van der Waals surface area contributed by atoms with E-state index in [9.17, 15) is 9.59 Å². The maximum absolute atomic E-state index is 13.7. The van der Waals surface area contributed by atoms with Crippen molar-refractivity contribution in [2.45, 2.75) is 58.3 Å². The number of hydrogen-bond acceptors (Lipinski definition) is 8. The van der Waals surface area contributed by atoms with Gasteiger partial charge in [-0.25, -0.2) is 9.78 Å². The zero-order valence-electron chi connectivity index (χ0n) is 20.0. The summed E-state index contributed by atoms with van der Waals surface area (Å²) in [6.07, 6.45) is 3.11. The molecule has 0 unspecified atom stereocenters. The van der Waals surface area contributed by atoms with E-state index in [2.05, 4.69) is 6.92 Å². The van der Waals surface area contributed by atoms with Crippen LogP contribution in [0.3, 0.4) is 0 Å². The number of esters is 1. The average molecular weight is 478 g/mol. The van der Waals surface area contributed by atoms with E-state index >= 15 is 0 Å². The number of fused-ring (bicyclic) bond motifs is 6. The van der Waals surface area contributed by atoms with Crippen LogP contribution in [0.15, 0.2) is 16.9 Å². The van der Waals surface area contributed by atoms with Gasteiger partial charge in [0.25, 0.3) is 5.56 Å². The monoisotopic (exact) mass is 477 g/mol. The molecule has 0 saturated carbocycles. The molecule has 0 saturated heterocycles. The predicted molar refractivity (Wildman–Crippen MR) is 128 cm³/mol. The SMILES string of the molecule is CCCCc1c2c(nc3cc4c(c(N)c13)OCO4)-c1cc3c(c(=O)n1C2)COC(=O)[C@@]3(CC)OC. The Hall–Kier alpha value is -3.59. The number of pyridine rings is 2. The lowest BCUT2D eigenvalue weighted by Gasteiger charge is -2.35. The molecule has 182 valence electrons. The highest BCUT2D eigenvalue weighted by Gasteiger charge is 2.47. The van der Waals surface area contributed by atoms with Gasteiger partial charge in [0, 0.05) is 29.7 Å². The highest BCUT2D eigenvalue weighted by atomic mass is 16.7. The number of cyclic esters (lactones) is 1. The van der Waals surface area contributed by atoms with Crippen molar-refractivity contribution in [3.63, 3.8) is 0 Å². The highest BCUT2D eigenvalue weighted by molar-refractivity contribution is 6.01. The number of nitrogen functional groups attached to an aromatic ring is 1. The van der Waals surface area contributed by atoms with Crippen LogP contribution in [0, 0.1) is 0 Å². The number of rotatable bonds is 5. The van der Waals surface area contributed by atoms with Crippen molar-refractivity contribution in [2.75, 3.05) is 19.6 Å². The molecule has 35 heavy (non-hydrogen) atoms. The van der Waals surface area contributed by atoms with Crippen LogP contribution in [0.4, 0.5) is 5.69 Å². The van der Waals surface area contributed by atoms with Gasteiger partial charge < -0.3 is 29.2 Å². The molecule has 0 spiro atoms. The van der Waals surface area contributed by atoms with Gasteiger partial charge in [-0.2, -0.15) is 0 Å². The molecule has 1 aromatic carbocycles. The van der Waals surface area contributed by atoms with Gasteiger partial charge in [-0.15, -0.1) is 0 Å². The zero-order valence-corrected chi connectivity index (χ0v) is 20.0. The molecule has 5 heterocycles. The van der Waals surface area contributed by atoms with E-state index in [1.807, 2.05) is 19.1 Å². The number of hydrogen-bond donors (Lipinski definition) is 1. The summed E-state index contributed by atoms with van der Waals surface area (Å²) >= 11 is 0. The molecular weight excluding hydrogens is 450 g/mol. The second-order valence-corrected chi connectivity index (χ2v) is 9.21. The summed E-state index contributed by atoms with van der Waals surface area (Å²) in [6, 6.07) is 3.74. The van der Waals surface area contributed by atoms with Gasteiger partial charge >= 0.3 is 5.97 Å². The van der Waals surface area contributed by atoms with Crippen molar-refractivity contribution in [2.24, 2.45) is 0 Å². The van der Waals surface area contributed by atoms with Crippen molar-refractivity contribution >= 4 is 22.6 Å². The van der Waals surface area contributed by atoms with Crippen LogP contribution in [0.25, 0.3) is 22.3 Å². The van der Waals surface area contributed by atoms with Crippen LogP contribution >= 0.6 is 0 Å². The fourth-order valence-corrected chi connectivity index (χ4v) is 5.69. The Labute approximate surface area is 201 Å². The Morgan fingerprint density at radius 2 is 2.00 bits per heavy atom. The Morgan fingerprint density at radius 1 is 1.17 bits per heavy atom. The zero-order chi connectivity index (χ0) is 24.5. The maximum Gasteiger partial charge on any atom is 0.343 e. The van der Waals surface area contributed by atoms with E-state index in [1.54, 1.807) is 4.57 Å². The van der Waals surface area contributed by atoms with Gasteiger partial charge in [0.15, 0.2) is 17.1 Å². The summed E-state index contributed by atoms with van der Waals surface area (Å²) in [5, 5.41) is 0.852. The minimum atomic E-state index is -1.32. The predicted octanol–water partition coefficient (Wildman–Crippen LogP) is 3.39. The largest absolute Gasteiger partial charge is 0.458 e. The topological polar surface area (TPSA) is 115 Å². The molecule has 0 aliphatic carbocycles. The van der Waals surface area contributed by atoms with Crippen LogP contribution < -0.4 is 20.8 Å². The Morgan fingerprint density at radius 3 is 2.74 bits per heavy atom. The first-order valence-electron chi connectivity index (χ1n) is 12.0. The third-order valence-electron chi connectivity index (χ3n) is 7.56. The molecular formula is C26H27N3O6. The molecule has 6 rings (SSSR count). The Kier molecular flexibility index (Phi) is 4.83. The number of benzene rings is 1. The number of methoxy groups -OCH3 is 1. The molecule has 3 aliphatic heterocycles. The molecule has 0 radical (unpaired) electrons. The van der Waals surface area contributed by atoms with Crippen molar-refractivity contribution in [3.8, 4) is 22.9 Å². The number of nitrogens with two attached hydrogens (primary N) is 1. The quantitative estimate of drug-likeness (QED) is 0.344.